The fourth-order valence-electron chi connectivity index (χ4n) is 2.86. The zero-order valence-electron chi connectivity index (χ0n) is 15.1. The summed E-state index contributed by atoms with van der Waals surface area (Å²) >= 11 is 1.10. The Kier molecular flexibility index (Phi) is 4.93. The number of nitrogens with zero attached hydrogens (tertiary/aromatic N) is 3. The Morgan fingerprint density at radius 3 is 2.62 bits per heavy atom. The Morgan fingerprint density at radius 2 is 1.97 bits per heavy atom. The minimum absolute atomic E-state index is 0.0156. The largest absolute Gasteiger partial charge is 0.454 e. The molecule has 0 N–H and O–H groups in total. The number of thioether (sulfide) groups is 1. The van der Waals surface area contributed by atoms with E-state index < -0.39 is 4.92 Å². The van der Waals surface area contributed by atoms with E-state index in [2.05, 4.69) is 4.99 Å². The number of carbonyl (C=O) groups is 1. The van der Waals surface area contributed by atoms with Gasteiger partial charge < -0.3 is 9.47 Å². The van der Waals surface area contributed by atoms with E-state index in [1.54, 1.807) is 6.92 Å². The number of nitro groups is 1. The summed E-state index contributed by atoms with van der Waals surface area (Å²) in [5.74, 6) is -0.0269. The van der Waals surface area contributed by atoms with Crippen molar-refractivity contribution < 1.29 is 23.6 Å². The van der Waals surface area contributed by atoms with Gasteiger partial charge in [-0.15, -0.1) is 0 Å². The Labute approximate surface area is 168 Å². The van der Waals surface area contributed by atoms with Crippen molar-refractivity contribution in [3.05, 3.63) is 62.8 Å². The van der Waals surface area contributed by atoms with Gasteiger partial charge in [-0.05, 0) is 55.1 Å². The van der Waals surface area contributed by atoms with Crippen LogP contribution >= 0.6 is 11.8 Å². The molecule has 0 saturated carbocycles. The molecule has 10 heteroatoms. The second-order valence-electron chi connectivity index (χ2n) is 6.05. The Balaban J connectivity index is 1.72. The van der Waals surface area contributed by atoms with Crippen LogP contribution in [0.2, 0.25) is 0 Å². The molecule has 4 rings (SSSR count). The van der Waals surface area contributed by atoms with Crippen LogP contribution in [0.5, 0.6) is 11.5 Å². The number of fused-ring (bicyclic) bond motifs is 1. The van der Waals surface area contributed by atoms with Gasteiger partial charge in [0.2, 0.25) is 6.79 Å². The Morgan fingerprint density at radius 1 is 1.28 bits per heavy atom. The lowest BCUT2D eigenvalue weighted by molar-refractivity contribution is -0.385. The number of hydrogen-bond acceptors (Lipinski definition) is 7. The van der Waals surface area contributed by atoms with Gasteiger partial charge >= 0.3 is 0 Å². The highest BCUT2D eigenvalue weighted by molar-refractivity contribution is 8.18. The lowest BCUT2D eigenvalue weighted by Crippen LogP contribution is -2.28. The molecular formula is C19H14FN3O5S. The zero-order valence-corrected chi connectivity index (χ0v) is 15.9. The van der Waals surface area contributed by atoms with E-state index in [1.165, 1.54) is 47.4 Å². The highest BCUT2D eigenvalue weighted by Crippen LogP contribution is 2.41. The van der Waals surface area contributed by atoms with Crippen molar-refractivity contribution >= 4 is 40.3 Å². The van der Waals surface area contributed by atoms with Crippen molar-refractivity contribution in [1.29, 1.82) is 0 Å². The van der Waals surface area contributed by atoms with Gasteiger partial charge in [-0.1, -0.05) is 0 Å². The predicted molar refractivity (Wildman–Crippen MR) is 106 cm³/mol. The van der Waals surface area contributed by atoms with Crippen LogP contribution in [0, 0.1) is 15.9 Å². The SMILES string of the molecule is CCN1C(=O)/C(=C/c2cc3c(cc2[N+](=O)[O-])OCO3)SC1=Nc1ccc(F)cc1. The van der Waals surface area contributed by atoms with Crippen LogP contribution in [-0.4, -0.2) is 34.2 Å². The molecule has 2 aliphatic rings. The van der Waals surface area contributed by atoms with Crippen LogP contribution in [0.3, 0.4) is 0 Å². The predicted octanol–water partition coefficient (Wildman–Crippen LogP) is 4.09. The lowest BCUT2D eigenvalue weighted by atomic mass is 10.1. The molecule has 2 aromatic carbocycles. The summed E-state index contributed by atoms with van der Waals surface area (Å²) in [5, 5.41) is 11.9. The molecule has 29 heavy (non-hydrogen) atoms. The van der Waals surface area contributed by atoms with Gasteiger partial charge in [0.05, 0.1) is 27.1 Å². The van der Waals surface area contributed by atoms with Crippen molar-refractivity contribution in [1.82, 2.24) is 4.90 Å². The first-order valence-electron chi connectivity index (χ1n) is 8.60. The number of halogens is 1. The standard InChI is InChI=1S/C19H14FN3O5S/c1-2-22-18(24)17(29-19(22)21-13-5-3-12(20)4-6-13)8-11-7-15-16(28-10-27-15)9-14(11)23(25)26/h3-9H,2,10H2,1H3/b17-8-,21-19?. The van der Waals surface area contributed by atoms with Gasteiger partial charge in [0.1, 0.15) is 5.82 Å². The molecule has 2 aromatic rings. The number of rotatable bonds is 4. The average molecular weight is 415 g/mol. The number of hydrogen-bond donors (Lipinski definition) is 0. The topological polar surface area (TPSA) is 94.3 Å². The quantitative estimate of drug-likeness (QED) is 0.424. The second kappa shape index (κ2) is 7.55. The van der Waals surface area contributed by atoms with Crippen LogP contribution in [0.1, 0.15) is 12.5 Å². The van der Waals surface area contributed by atoms with E-state index >= 15 is 0 Å². The monoisotopic (exact) mass is 415 g/mol. The molecule has 1 amide bonds. The van der Waals surface area contributed by atoms with E-state index in [-0.39, 0.29) is 40.4 Å². The highest BCUT2D eigenvalue weighted by atomic mass is 32.2. The Hall–Kier alpha value is -3.40. The number of nitro benzene ring substituents is 1. The third kappa shape index (κ3) is 3.66. The van der Waals surface area contributed by atoms with Crippen molar-refractivity contribution in [2.45, 2.75) is 6.92 Å². The molecule has 0 spiro atoms. The van der Waals surface area contributed by atoms with Gasteiger partial charge in [-0.2, -0.15) is 0 Å². The van der Waals surface area contributed by atoms with Gasteiger partial charge in [-0.3, -0.25) is 19.8 Å². The number of likely N-dealkylation sites (N-methyl/N-ethyl adjacent to an activating group) is 1. The highest BCUT2D eigenvalue weighted by Gasteiger charge is 2.33. The molecule has 0 unspecified atom stereocenters. The summed E-state index contributed by atoms with van der Waals surface area (Å²) in [6.07, 6.45) is 1.45. The summed E-state index contributed by atoms with van der Waals surface area (Å²) in [4.78, 5) is 29.8. The molecule has 0 radical (unpaired) electrons. The van der Waals surface area contributed by atoms with Crippen molar-refractivity contribution in [3.63, 3.8) is 0 Å². The van der Waals surface area contributed by atoms with Gasteiger partial charge in [-0.25, -0.2) is 9.38 Å². The molecule has 0 aromatic heterocycles. The van der Waals surface area contributed by atoms with Crippen molar-refractivity contribution in [3.8, 4) is 11.5 Å². The van der Waals surface area contributed by atoms with Gasteiger partial charge in [0, 0.05) is 6.54 Å². The first-order chi connectivity index (χ1) is 14.0. The molecule has 1 saturated heterocycles. The van der Waals surface area contributed by atoms with Gasteiger partial charge in [0.25, 0.3) is 11.6 Å². The fraction of sp³-hybridized carbons (Fsp3) is 0.158. The smallest absolute Gasteiger partial charge is 0.280 e. The number of aliphatic imine (C=N–C) groups is 1. The summed E-state index contributed by atoms with van der Waals surface area (Å²) in [6, 6.07) is 8.33. The van der Waals surface area contributed by atoms with E-state index in [1.807, 2.05) is 0 Å². The Bertz CT molecular complexity index is 1070. The summed E-state index contributed by atoms with van der Waals surface area (Å²) in [7, 11) is 0. The van der Waals surface area contributed by atoms with Crippen LogP contribution in [0.25, 0.3) is 6.08 Å². The van der Waals surface area contributed by atoms with Crippen molar-refractivity contribution in [2.24, 2.45) is 4.99 Å². The lowest BCUT2D eigenvalue weighted by Gasteiger charge is -2.11. The van der Waals surface area contributed by atoms with Crippen LogP contribution in [0.4, 0.5) is 15.8 Å². The number of ether oxygens (including phenoxy) is 2. The minimum atomic E-state index is -0.538. The first kappa shape index (κ1) is 18.9. The normalized spacial score (nSPS) is 18.1. The van der Waals surface area contributed by atoms with Crippen LogP contribution in [-0.2, 0) is 4.79 Å². The number of carbonyl (C=O) groups excluding carboxylic acids is 1. The molecule has 1 fully saturated rings. The summed E-state index contributed by atoms with van der Waals surface area (Å²) < 4.78 is 23.6. The minimum Gasteiger partial charge on any atom is -0.454 e. The third-order valence-electron chi connectivity index (χ3n) is 4.26. The van der Waals surface area contributed by atoms with Crippen molar-refractivity contribution in [2.75, 3.05) is 13.3 Å². The molecule has 2 heterocycles. The summed E-state index contributed by atoms with van der Waals surface area (Å²) in [6.45, 7) is 2.15. The van der Waals surface area contributed by atoms with E-state index in [0.29, 0.717) is 23.1 Å². The van der Waals surface area contributed by atoms with E-state index in [0.717, 1.165) is 11.8 Å². The second-order valence-corrected chi connectivity index (χ2v) is 7.06. The molecule has 0 aliphatic carbocycles. The van der Waals surface area contributed by atoms with E-state index in [4.69, 9.17) is 9.47 Å². The maximum atomic E-state index is 13.1. The zero-order chi connectivity index (χ0) is 20.5. The van der Waals surface area contributed by atoms with E-state index in [9.17, 15) is 19.3 Å². The maximum absolute atomic E-state index is 13.1. The van der Waals surface area contributed by atoms with Crippen LogP contribution < -0.4 is 9.47 Å². The number of benzene rings is 2. The fourth-order valence-corrected chi connectivity index (χ4v) is 3.91. The van der Waals surface area contributed by atoms with Crippen LogP contribution in [0.15, 0.2) is 46.3 Å². The molecule has 0 bridgehead atoms. The first-order valence-corrected chi connectivity index (χ1v) is 9.41. The summed E-state index contributed by atoms with van der Waals surface area (Å²) in [5.41, 5.74) is 0.534. The number of amidine groups is 1. The number of amides is 1. The molecule has 0 atom stereocenters. The molecule has 148 valence electrons. The molecule has 2 aliphatic heterocycles. The molecular weight excluding hydrogens is 401 g/mol. The molecule has 8 nitrogen and oxygen atoms in total. The maximum Gasteiger partial charge on any atom is 0.280 e. The average Bonchev–Trinajstić information content (AvgIpc) is 3.27. The third-order valence-corrected chi connectivity index (χ3v) is 5.27. The van der Waals surface area contributed by atoms with Gasteiger partial charge in [0.15, 0.2) is 16.7 Å².